The van der Waals surface area contributed by atoms with Crippen molar-refractivity contribution in [3.8, 4) is 0 Å². The summed E-state index contributed by atoms with van der Waals surface area (Å²) < 4.78 is 5.23. The molecule has 0 radical (unpaired) electrons. The molecule has 1 fully saturated rings. The number of carbonyl (C=O) groups excluding carboxylic acids is 1. The number of carbonyl (C=O) groups is 1. The number of hydrogen-bond acceptors (Lipinski definition) is 6. The van der Waals surface area contributed by atoms with E-state index in [-0.39, 0.29) is 5.91 Å². The van der Waals surface area contributed by atoms with Gasteiger partial charge < -0.3 is 20.7 Å². The molecule has 1 aliphatic heterocycles. The highest BCUT2D eigenvalue weighted by molar-refractivity contribution is 5.76. The van der Waals surface area contributed by atoms with Crippen LogP contribution in [0, 0.1) is 0 Å². The summed E-state index contributed by atoms with van der Waals surface area (Å²) in [6.45, 7) is 5.15. The Morgan fingerprint density at radius 3 is 2.90 bits per heavy atom. The molecule has 1 amide bonds. The molecule has 110 valence electrons. The Kier molecular flexibility index (Phi) is 5.11. The van der Waals surface area contributed by atoms with Gasteiger partial charge >= 0.3 is 0 Å². The van der Waals surface area contributed by atoms with Crippen molar-refractivity contribution in [1.29, 1.82) is 0 Å². The summed E-state index contributed by atoms with van der Waals surface area (Å²) in [5, 5.41) is 3.17. The van der Waals surface area contributed by atoms with Crippen LogP contribution in [0.1, 0.15) is 18.9 Å². The summed E-state index contributed by atoms with van der Waals surface area (Å²) in [6, 6.07) is 0. The summed E-state index contributed by atoms with van der Waals surface area (Å²) in [7, 11) is 0. The minimum atomic E-state index is 0.140. The maximum Gasteiger partial charge on any atom is 0.224 e. The van der Waals surface area contributed by atoms with Gasteiger partial charge in [0.15, 0.2) is 0 Å². The molecule has 0 unspecified atom stereocenters. The van der Waals surface area contributed by atoms with Crippen molar-refractivity contribution in [3.05, 3.63) is 11.9 Å². The standard InChI is InChI=1S/C13H21N5O2/c1-2-10-12(14)16-9-17-13(10)15-4-3-11(19)18-5-7-20-8-6-18/h9H,2-8H2,1H3,(H3,14,15,16,17). The van der Waals surface area contributed by atoms with Crippen LogP contribution >= 0.6 is 0 Å². The normalized spacial score (nSPS) is 15.2. The summed E-state index contributed by atoms with van der Waals surface area (Å²) in [5.41, 5.74) is 6.69. The molecule has 1 saturated heterocycles. The van der Waals surface area contributed by atoms with Crippen molar-refractivity contribution >= 4 is 17.5 Å². The van der Waals surface area contributed by atoms with Gasteiger partial charge in [-0.1, -0.05) is 6.92 Å². The number of nitrogens with two attached hydrogens (primary N) is 1. The molecule has 2 rings (SSSR count). The first kappa shape index (κ1) is 14.5. The molecule has 3 N–H and O–H groups in total. The largest absolute Gasteiger partial charge is 0.383 e. The smallest absolute Gasteiger partial charge is 0.224 e. The predicted octanol–water partition coefficient (Wildman–Crippen LogP) is 0.282. The van der Waals surface area contributed by atoms with E-state index < -0.39 is 0 Å². The molecular weight excluding hydrogens is 258 g/mol. The summed E-state index contributed by atoms with van der Waals surface area (Å²) in [6.07, 6.45) is 2.63. The number of rotatable bonds is 5. The number of nitrogens with one attached hydrogen (secondary N) is 1. The van der Waals surface area contributed by atoms with E-state index in [9.17, 15) is 4.79 Å². The number of nitrogens with zero attached hydrogens (tertiary/aromatic N) is 3. The topological polar surface area (TPSA) is 93.4 Å². The third-order valence-corrected chi connectivity index (χ3v) is 3.33. The maximum absolute atomic E-state index is 12.0. The van der Waals surface area contributed by atoms with Crippen LogP contribution in [-0.2, 0) is 16.0 Å². The highest BCUT2D eigenvalue weighted by atomic mass is 16.5. The molecule has 2 heterocycles. The molecule has 0 aromatic carbocycles. The lowest BCUT2D eigenvalue weighted by Gasteiger charge is -2.26. The van der Waals surface area contributed by atoms with E-state index in [4.69, 9.17) is 10.5 Å². The van der Waals surface area contributed by atoms with Crippen molar-refractivity contribution in [2.45, 2.75) is 19.8 Å². The van der Waals surface area contributed by atoms with Crippen LogP contribution < -0.4 is 11.1 Å². The molecule has 7 heteroatoms. The summed E-state index contributed by atoms with van der Waals surface area (Å²) in [4.78, 5) is 22.0. The van der Waals surface area contributed by atoms with Crippen LogP contribution in [0.15, 0.2) is 6.33 Å². The van der Waals surface area contributed by atoms with Crippen molar-refractivity contribution < 1.29 is 9.53 Å². The molecule has 1 aliphatic rings. The van der Waals surface area contributed by atoms with Gasteiger partial charge in [-0.3, -0.25) is 4.79 Å². The zero-order valence-corrected chi connectivity index (χ0v) is 11.8. The molecule has 0 atom stereocenters. The van der Waals surface area contributed by atoms with Crippen LogP contribution in [0.5, 0.6) is 0 Å². The number of ether oxygens (including phenoxy) is 1. The molecule has 0 saturated carbocycles. The van der Waals surface area contributed by atoms with Gasteiger partial charge in [0.05, 0.1) is 13.2 Å². The van der Waals surface area contributed by atoms with Crippen molar-refractivity contribution in [1.82, 2.24) is 14.9 Å². The highest BCUT2D eigenvalue weighted by Gasteiger charge is 2.16. The zero-order valence-electron chi connectivity index (χ0n) is 11.8. The fraction of sp³-hybridized carbons (Fsp3) is 0.615. The first-order valence-corrected chi connectivity index (χ1v) is 6.91. The van der Waals surface area contributed by atoms with Gasteiger partial charge in [0, 0.05) is 31.6 Å². The van der Waals surface area contributed by atoms with Crippen molar-refractivity contribution in [2.75, 3.05) is 43.9 Å². The SMILES string of the molecule is CCc1c(N)ncnc1NCCC(=O)N1CCOCC1. The Morgan fingerprint density at radius 1 is 1.45 bits per heavy atom. The minimum absolute atomic E-state index is 0.140. The Morgan fingerprint density at radius 2 is 2.20 bits per heavy atom. The van der Waals surface area contributed by atoms with Gasteiger partial charge in [0.1, 0.15) is 18.0 Å². The number of morpholine rings is 1. The fourth-order valence-corrected chi connectivity index (χ4v) is 2.19. The van der Waals surface area contributed by atoms with E-state index in [0.29, 0.717) is 45.1 Å². The van der Waals surface area contributed by atoms with Gasteiger partial charge in [0.2, 0.25) is 5.91 Å². The number of anilines is 2. The van der Waals surface area contributed by atoms with Gasteiger partial charge in [-0.2, -0.15) is 0 Å². The van der Waals surface area contributed by atoms with E-state index in [1.807, 2.05) is 11.8 Å². The van der Waals surface area contributed by atoms with Crippen LogP contribution in [0.4, 0.5) is 11.6 Å². The lowest BCUT2D eigenvalue weighted by molar-refractivity contribution is -0.134. The molecule has 1 aromatic rings. The van der Waals surface area contributed by atoms with Gasteiger partial charge in [-0.25, -0.2) is 9.97 Å². The van der Waals surface area contributed by atoms with E-state index in [0.717, 1.165) is 17.8 Å². The Balaban J connectivity index is 1.83. The second-order valence-electron chi connectivity index (χ2n) is 4.61. The molecule has 0 bridgehead atoms. The fourth-order valence-electron chi connectivity index (χ4n) is 2.19. The number of amides is 1. The van der Waals surface area contributed by atoms with E-state index >= 15 is 0 Å². The van der Waals surface area contributed by atoms with E-state index in [2.05, 4.69) is 15.3 Å². The first-order valence-electron chi connectivity index (χ1n) is 6.91. The summed E-state index contributed by atoms with van der Waals surface area (Å²) >= 11 is 0. The van der Waals surface area contributed by atoms with E-state index in [1.54, 1.807) is 0 Å². The van der Waals surface area contributed by atoms with Gasteiger partial charge in [-0.05, 0) is 6.42 Å². The molecule has 20 heavy (non-hydrogen) atoms. The third-order valence-electron chi connectivity index (χ3n) is 3.33. The monoisotopic (exact) mass is 279 g/mol. The second-order valence-corrected chi connectivity index (χ2v) is 4.61. The van der Waals surface area contributed by atoms with Crippen LogP contribution in [-0.4, -0.2) is 53.6 Å². The molecule has 7 nitrogen and oxygen atoms in total. The average molecular weight is 279 g/mol. The quantitative estimate of drug-likeness (QED) is 0.804. The average Bonchev–Trinajstić information content (AvgIpc) is 2.48. The lowest BCUT2D eigenvalue weighted by Crippen LogP contribution is -2.41. The Hall–Kier alpha value is -1.89. The van der Waals surface area contributed by atoms with Gasteiger partial charge in [-0.15, -0.1) is 0 Å². The number of hydrogen-bond donors (Lipinski definition) is 2. The minimum Gasteiger partial charge on any atom is -0.383 e. The second kappa shape index (κ2) is 7.04. The first-order chi connectivity index (χ1) is 9.72. The molecular formula is C13H21N5O2. The van der Waals surface area contributed by atoms with Crippen LogP contribution in [0.3, 0.4) is 0 Å². The molecule has 0 spiro atoms. The molecule has 0 aliphatic carbocycles. The van der Waals surface area contributed by atoms with Crippen LogP contribution in [0.2, 0.25) is 0 Å². The third kappa shape index (κ3) is 3.57. The summed E-state index contributed by atoms with van der Waals surface area (Å²) in [5.74, 6) is 1.35. The lowest BCUT2D eigenvalue weighted by atomic mass is 10.2. The predicted molar refractivity (Wildman–Crippen MR) is 76.3 cm³/mol. The Bertz CT molecular complexity index is 460. The number of nitrogen functional groups attached to an aromatic ring is 1. The van der Waals surface area contributed by atoms with Crippen LogP contribution in [0.25, 0.3) is 0 Å². The zero-order chi connectivity index (χ0) is 14.4. The molecule has 1 aromatic heterocycles. The van der Waals surface area contributed by atoms with Crippen molar-refractivity contribution in [2.24, 2.45) is 0 Å². The number of aromatic nitrogens is 2. The van der Waals surface area contributed by atoms with Crippen molar-refractivity contribution in [3.63, 3.8) is 0 Å². The van der Waals surface area contributed by atoms with Gasteiger partial charge in [0.25, 0.3) is 0 Å². The van der Waals surface area contributed by atoms with E-state index in [1.165, 1.54) is 6.33 Å². The highest BCUT2D eigenvalue weighted by Crippen LogP contribution is 2.17. The maximum atomic E-state index is 12.0. The Labute approximate surface area is 118 Å².